The van der Waals surface area contributed by atoms with E-state index in [4.69, 9.17) is 0 Å². The number of aromatic nitrogens is 2. The van der Waals surface area contributed by atoms with Gasteiger partial charge in [0.25, 0.3) is 5.91 Å². The van der Waals surface area contributed by atoms with E-state index in [2.05, 4.69) is 30.2 Å². The molecule has 3 aromatic rings. The molecule has 4 rings (SSSR count). The number of nitrogens with zero attached hydrogens (tertiary/aromatic N) is 4. The second-order valence-electron chi connectivity index (χ2n) is 6.59. The van der Waals surface area contributed by atoms with E-state index in [-0.39, 0.29) is 11.7 Å². The second kappa shape index (κ2) is 8.36. The molecule has 0 aliphatic carbocycles. The minimum Gasteiger partial charge on any atom is -0.343 e. The van der Waals surface area contributed by atoms with Crippen molar-refractivity contribution in [1.29, 1.82) is 0 Å². The molecule has 0 N–H and O–H groups in total. The van der Waals surface area contributed by atoms with Gasteiger partial charge in [0.15, 0.2) is 0 Å². The SMILES string of the molecule is O=C(c1cccc(Br)c1)N1CCN(c2nc(Cc3ccc(F)cc3)ns2)CC1. The lowest BCUT2D eigenvalue weighted by Crippen LogP contribution is -2.48. The summed E-state index contributed by atoms with van der Waals surface area (Å²) in [6.07, 6.45) is 0.581. The standard InChI is InChI=1S/C20H18BrFN4OS/c21-16-3-1-2-15(13-16)19(27)25-8-10-26(11-9-25)20-23-18(24-28-20)12-14-4-6-17(22)7-5-14/h1-7,13H,8-12H2. The van der Waals surface area contributed by atoms with Crippen LogP contribution in [0.1, 0.15) is 21.7 Å². The Bertz CT molecular complexity index is 970. The Morgan fingerprint density at radius 1 is 1.11 bits per heavy atom. The van der Waals surface area contributed by atoms with Crippen LogP contribution < -0.4 is 4.90 Å². The molecule has 1 fully saturated rings. The summed E-state index contributed by atoms with van der Waals surface area (Å²) < 4.78 is 18.4. The van der Waals surface area contributed by atoms with Gasteiger partial charge in [0, 0.05) is 54.2 Å². The summed E-state index contributed by atoms with van der Waals surface area (Å²) in [5.74, 6) is 0.542. The van der Waals surface area contributed by atoms with Gasteiger partial charge in [-0.2, -0.15) is 4.37 Å². The molecule has 0 unspecified atom stereocenters. The second-order valence-corrected chi connectivity index (χ2v) is 8.23. The van der Waals surface area contributed by atoms with Crippen LogP contribution in [0.3, 0.4) is 0 Å². The highest BCUT2D eigenvalue weighted by Gasteiger charge is 2.24. The number of carbonyl (C=O) groups is 1. The summed E-state index contributed by atoms with van der Waals surface area (Å²) in [7, 11) is 0. The minimum absolute atomic E-state index is 0.0511. The summed E-state index contributed by atoms with van der Waals surface area (Å²) in [6.45, 7) is 2.76. The van der Waals surface area contributed by atoms with Crippen molar-refractivity contribution < 1.29 is 9.18 Å². The van der Waals surface area contributed by atoms with Gasteiger partial charge in [-0.05, 0) is 35.9 Å². The zero-order chi connectivity index (χ0) is 19.5. The third kappa shape index (κ3) is 4.39. The first-order chi connectivity index (χ1) is 13.6. The molecule has 1 aromatic heterocycles. The fourth-order valence-corrected chi connectivity index (χ4v) is 4.27. The number of piperazine rings is 1. The fourth-order valence-electron chi connectivity index (χ4n) is 3.13. The highest BCUT2D eigenvalue weighted by molar-refractivity contribution is 9.10. The number of rotatable bonds is 4. The topological polar surface area (TPSA) is 49.3 Å². The van der Waals surface area contributed by atoms with E-state index in [9.17, 15) is 9.18 Å². The zero-order valence-electron chi connectivity index (χ0n) is 15.0. The molecule has 5 nitrogen and oxygen atoms in total. The van der Waals surface area contributed by atoms with Gasteiger partial charge in [0.1, 0.15) is 11.6 Å². The Morgan fingerprint density at radius 2 is 1.86 bits per heavy atom. The smallest absolute Gasteiger partial charge is 0.254 e. The molecule has 1 saturated heterocycles. The monoisotopic (exact) mass is 460 g/mol. The molecule has 1 amide bonds. The van der Waals surface area contributed by atoms with Crippen LogP contribution in [0.15, 0.2) is 53.0 Å². The van der Waals surface area contributed by atoms with Crippen molar-refractivity contribution in [2.75, 3.05) is 31.1 Å². The predicted octanol–water partition coefficient (Wildman–Crippen LogP) is 3.99. The number of hydrogen-bond acceptors (Lipinski definition) is 5. The molecular formula is C20H18BrFN4OS. The molecule has 2 aromatic carbocycles. The summed E-state index contributed by atoms with van der Waals surface area (Å²) >= 11 is 4.78. The average molecular weight is 461 g/mol. The van der Waals surface area contributed by atoms with Crippen LogP contribution in [0.5, 0.6) is 0 Å². The lowest BCUT2D eigenvalue weighted by atomic mass is 10.1. The number of halogens is 2. The lowest BCUT2D eigenvalue weighted by Gasteiger charge is -2.34. The van der Waals surface area contributed by atoms with E-state index in [0.29, 0.717) is 25.1 Å². The van der Waals surface area contributed by atoms with Crippen LogP contribution in [0, 0.1) is 5.82 Å². The van der Waals surface area contributed by atoms with Crippen molar-refractivity contribution in [3.63, 3.8) is 0 Å². The fraction of sp³-hybridized carbons (Fsp3) is 0.250. The van der Waals surface area contributed by atoms with Crippen molar-refractivity contribution >= 4 is 38.5 Å². The van der Waals surface area contributed by atoms with Gasteiger partial charge in [0.05, 0.1) is 0 Å². The van der Waals surface area contributed by atoms with Crippen molar-refractivity contribution in [2.45, 2.75) is 6.42 Å². The molecule has 8 heteroatoms. The highest BCUT2D eigenvalue weighted by Crippen LogP contribution is 2.21. The molecule has 1 aliphatic heterocycles. The number of anilines is 1. The van der Waals surface area contributed by atoms with Crippen molar-refractivity contribution in [2.24, 2.45) is 0 Å². The first-order valence-corrected chi connectivity index (χ1v) is 10.5. The summed E-state index contributed by atoms with van der Waals surface area (Å²) in [4.78, 5) is 21.3. The molecule has 144 valence electrons. The molecule has 28 heavy (non-hydrogen) atoms. The van der Waals surface area contributed by atoms with E-state index >= 15 is 0 Å². The maximum atomic E-state index is 13.0. The maximum Gasteiger partial charge on any atom is 0.254 e. The van der Waals surface area contributed by atoms with Gasteiger partial charge in [-0.25, -0.2) is 9.37 Å². The van der Waals surface area contributed by atoms with Crippen LogP contribution in [0.4, 0.5) is 9.52 Å². The van der Waals surface area contributed by atoms with Gasteiger partial charge in [-0.15, -0.1) is 0 Å². The molecule has 0 atom stereocenters. The van der Waals surface area contributed by atoms with E-state index in [1.54, 1.807) is 12.1 Å². The minimum atomic E-state index is -0.244. The Balaban J connectivity index is 1.35. The Kier molecular flexibility index (Phi) is 5.68. The number of benzene rings is 2. The van der Waals surface area contributed by atoms with Crippen LogP contribution in [-0.4, -0.2) is 46.3 Å². The first kappa shape index (κ1) is 19.0. The summed E-state index contributed by atoms with van der Waals surface area (Å²) in [6, 6.07) is 13.9. The van der Waals surface area contributed by atoms with E-state index in [0.717, 1.165) is 34.1 Å². The lowest BCUT2D eigenvalue weighted by molar-refractivity contribution is 0.0746. The Labute approximate surface area is 175 Å². The van der Waals surface area contributed by atoms with Gasteiger partial charge >= 0.3 is 0 Å². The van der Waals surface area contributed by atoms with Crippen LogP contribution in [-0.2, 0) is 6.42 Å². The molecule has 0 radical (unpaired) electrons. The zero-order valence-corrected chi connectivity index (χ0v) is 17.4. The predicted molar refractivity (Wildman–Crippen MR) is 111 cm³/mol. The number of amides is 1. The van der Waals surface area contributed by atoms with Gasteiger partial charge in [0.2, 0.25) is 5.13 Å². The van der Waals surface area contributed by atoms with Crippen LogP contribution in [0.25, 0.3) is 0 Å². The molecule has 0 saturated carbocycles. The number of carbonyl (C=O) groups excluding carboxylic acids is 1. The molecule has 0 spiro atoms. The van der Waals surface area contributed by atoms with Crippen molar-refractivity contribution in [3.05, 3.63) is 75.8 Å². The summed E-state index contributed by atoms with van der Waals surface area (Å²) in [5.41, 5.74) is 1.68. The Morgan fingerprint density at radius 3 is 2.57 bits per heavy atom. The van der Waals surface area contributed by atoms with Crippen LogP contribution >= 0.6 is 27.5 Å². The normalized spacial score (nSPS) is 14.4. The molecule has 0 bridgehead atoms. The molecule has 1 aliphatic rings. The van der Waals surface area contributed by atoms with Gasteiger partial charge < -0.3 is 9.80 Å². The van der Waals surface area contributed by atoms with Crippen LogP contribution in [0.2, 0.25) is 0 Å². The van der Waals surface area contributed by atoms with Gasteiger partial charge in [-0.1, -0.05) is 34.1 Å². The number of hydrogen-bond donors (Lipinski definition) is 0. The van der Waals surface area contributed by atoms with E-state index in [1.807, 2.05) is 29.2 Å². The van der Waals surface area contributed by atoms with Crippen molar-refractivity contribution in [3.8, 4) is 0 Å². The Hall–Kier alpha value is -2.32. The third-order valence-corrected chi connectivity index (χ3v) is 5.95. The van der Waals surface area contributed by atoms with E-state index < -0.39 is 0 Å². The molecule has 2 heterocycles. The average Bonchev–Trinajstić information content (AvgIpc) is 3.18. The first-order valence-electron chi connectivity index (χ1n) is 8.95. The third-order valence-electron chi connectivity index (χ3n) is 4.64. The quantitative estimate of drug-likeness (QED) is 0.590. The summed E-state index contributed by atoms with van der Waals surface area (Å²) in [5, 5.41) is 0.867. The van der Waals surface area contributed by atoms with Gasteiger partial charge in [-0.3, -0.25) is 4.79 Å². The highest BCUT2D eigenvalue weighted by atomic mass is 79.9. The largest absolute Gasteiger partial charge is 0.343 e. The maximum absolute atomic E-state index is 13.0. The van der Waals surface area contributed by atoms with Crippen molar-refractivity contribution in [1.82, 2.24) is 14.3 Å². The molecular weight excluding hydrogens is 443 g/mol. The van der Waals surface area contributed by atoms with E-state index in [1.165, 1.54) is 23.7 Å².